The van der Waals surface area contributed by atoms with E-state index in [0.717, 1.165) is 10.8 Å². The van der Waals surface area contributed by atoms with E-state index in [2.05, 4.69) is 0 Å². The lowest BCUT2D eigenvalue weighted by molar-refractivity contribution is -0.140. The Morgan fingerprint density at radius 3 is 2.47 bits per heavy atom. The molecule has 1 aliphatic carbocycles. The number of Topliss-reactive ketones (excluding diaryl/α,β-unsaturated/α-hetero) is 1. The second kappa shape index (κ2) is 8.60. The fraction of sp³-hybridized carbons (Fsp3) is 0.308. The molecule has 1 saturated heterocycles. The number of carbonyl (C=O) groups is 2. The SMILES string of the molecule is CC1CC(=O)c2c(OC(=O)C3CCN(S(=O)(=O)c4ccc5ccccc5c4)CC3)ccc(F)c21. The molecule has 3 aromatic rings. The van der Waals surface area contributed by atoms with Gasteiger partial charge in [-0.2, -0.15) is 4.31 Å². The number of sulfonamides is 1. The van der Waals surface area contributed by atoms with Gasteiger partial charge in [-0.05, 0) is 53.8 Å². The van der Waals surface area contributed by atoms with Gasteiger partial charge in [-0.1, -0.05) is 37.3 Å². The predicted molar refractivity (Wildman–Crippen MR) is 125 cm³/mol. The number of piperidine rings is 1. The first-order chi connectivity index (χ1) is 16.3. The van der Waals surface area contributed by atoms with Crippen molar-refractivity contribution in [1.29, 1.82) is 0 Å². The fourth-order valence-electron chi connectivity index (χ4n) is 4.91. The molecule has 1 fully saturated rings. The standard InChI is InChI=1S/C26H24FNO5S/c1-16-14-22(29)25-23(9-8-21(27)24(16)25)33-26(30)18-10-12-28(13-11-18)34(31,32)20-7-6-17-4-2-3-5-19(17)15-20/h2-9,15-16,18H,10-14H2,1H3. The van der Waals surface area contributed by atoms with E-state index in [1.165, 1.54) is 16.4 Å². The van der Waals surface area contributed by atoms with Crippen molar-refractivity contribution in [3.8, 4) is 5.75 Å². The van der Waals surface area contributed by atoms with Crippen LogP contribution in [-0.4, -0.2) is 37.6 Å². The van der Waals surface area contributed by atoms with Crippen LogP contribution >= 0.6 is 0 Å². The Bertz CT molecular complexity index is 1410. The van der Waals surface area contributed by atoms with E-state index in [-0.39, 0.29) is 47.4 Å². The number of rotatable bonds is 4. The second-order valence-corrected chi connectivity index (χ2v) is 10.9. The Balaban J connectivity index is 1.28. The fourth-order valence-corrected chi connectivity index (χ4v) is 6.42. The van der Waals surface area contributed by atoms with E-state index in [1.807, 2.05) is 24.3 Å². The Kier molecular flexibility index (Phi) is 5.73. The third-order valence-electron chi connectivity index (χ3n) is 6.77. The maximum Gasteiger partial charge on any atom is 0.314 e. The third-order valence-corrected chi connectivity index (χ3v) is 8.67. The third kappa shape index (κ3) is 3.91. The molecule has 34 heavy (non-hydrogen) atoms. The van der Waals surface area contributed by atoms with Crippen molar-refractivity contribution in [3.63, 3.8) is 0 Å². The summed E-state index contributed by atoms with van der Waals surface area (Å²) in [5, 5.41) is 1.81. The summed E-state index contributed by atoms with van der Waals surface area (Å²) in [6.45, 7) is 2.14. The molecule has 1 atom stereocenters. The largest absolute Gasteiger partial charge is 0.426 e. The van der Waals surface area contributed by atoms with Gasteiger partial charge in [0, 0.05) is 25.1 Å². The van der Waals surface area contributed by atoms with Gasteiger partial charge in [-0.3, -0.25) is 9.59 Å². The molecular weight excluding hydrogens is 457 g/mol. The average Bonchev–Trinajstić information content (AvgIpc) is 3.15. The highest BCUT2D eigenvalue weighted by Crippen LogP contribution is 2.40. The van der Waals surface area contributed by atoms with Gasteiger partial charge in [0.2, 0.25) is 10.0 Å². The topological polar surface area (TPSA) is 80.8 Å². The van der Waals surface area contributed by atoms with Crippen molar-refractivity contribution < 1.29 is 27.1 Å². The smallest absolute Gasteiger partial charge is 0.314 e. The molecule has 2 aliphatic rings. The van der Waals surface area contributed by atoms with Gasteiger partial charge in [0.25, 0.3) is 0 Å². The summed E-state index contributed by atoms with van der Waals surface area (Å²) >= 11 is 0. The number of ether oxygens (including phenoxy) is 1. The van der Waals surface area contributed by atoms with Crippen molar-refractivity contribution in [2.24, 2.45) is 5.92 Å². The van der Waals surface area contributed by atoms with Crippen molar-refractivity contribution >= 4 is 32.5 Å². The van der Waals surface area contributed by atoms with Crippen LogP contribution in [0.4, 0.5) is 4.39 Å². The first-order valence-corrected chi connectivity index (χ1v) is 12.8. The van der Waals surface area contributed by atoms with E-state index >= 15 is 0 Å². The first kappa shape index (κ1) is 22.7. The summed E-state index contributed by atoms with van der Waals surface area (Å²) in [5.41, 5.74) is 0.448. The maximum absolute atomic E-state index is 14.2. The molecule has 0 N–H and O–H groups in total. The highest BCUT2D eigenvalue weighted by molar-refractivity contribution is 7.89. The predicted octanol–water partition coefficient (Wildman–Crippen LogP) is 4.68. The van der Waals surface area contributed by atoms with Crippen LogP contribution in [-0.2, 0) is 14.8 Å². The van der Waals surface area contributed by atoms with Gasteiger partial charge in [0.15, 0.2) is 5.78 Å². The van der Waals surface area contributed by atoms with Gasteiger partial charge in [-0.15, -0.1) is 0 Å². The zero-order valence-electron chi connectivity index (χ0n) is 18.7. The zero-order valence-corrected chi connectivity index (χ0v) is 19.5. The van der Waals surface area contributed by atoms with Crippen LogP contribution in [0, 0.1) is 11.7 Å². The minimum absolute atomic E-state index is 0.0852. The number of fused-ring (bicyclic) bond motifs is 2. The number of carbonyl (C=O) groups excluding carboxylic acids is 2. The van der Waals surface area contributed by atoms with Gasteiger partial charge in [0.1, 0.15) is 11.6 Å². The van der Waals surface area contributed by atoms with Crippen LogP contribution in [0.15, 0.2) is 59.5 Å². The Hall–Kier alpha value is -3.10. The van der Waals surface area contributed by atoms with E-state index in [1.54, 1.807) is 25.1 Å². The molecule has 5 rings (SSSR count). The van der Waals surface area contributed by atoms with Crippen molar-refractivity contribution in [2.45, 2.75) is 37.0 Å². The molecule has 0 saturated carbocycles. The molecule has 3 aromatic carbocycles. The molecule has 1 unspecified atom stereocenters. The zero-order chi connectivity index (χ0) is 24.0. The first-order valence-electron chi connectivity index (χ1n) is 11.3. The molecule has 8 heteroatoms. The number of halogens is 1. The molecule has 6 nitrogen and oxygen atoms in total. The number of hydrogen-bond acceptors (Lipinski definition) is 5. The number of benzene rings is 3. The van der Waals surface area contributed by atoms with Gasteiger partial charge >= 0.3 is 5.97 Å². The lowest BCUT2D eigenvalue weighted by atomic mass is 9.98. The van der Waals surface area contributed by atoms with Crippen molar-refractivity contribution in [2.75, 3.05) is 13.1 Å². The molecule has 0 spiro atoms. The number of hydrogen-bond donors (Lipinski definition) is 0. The monoisotopic (exact) mass is 481 g/mol. The molecule has 0 amide bonds. The summed E-state index contributed by atoms with van der Waals surface area (Å²) in [7, 11) is -3.69. The lowest BCUT2D eigenvalue weighted by Gasteiger charge is -2.30. The summed E-state index contributed by atoms with van der Waals surface area (Å²) in [6, 6.07) is 15.1. The van der Waals surface area contributed by atoms with Crippen LogP contribution < -0.4 is 4.74 Å². The molecule has 1 heterocycles. The van der Waals surface area contributed by atoms with Gasteiger partial charge in [0.05, 0.1) is 16.4 Å². The van der Waals surface area contributed by atoms with E-state index < -0.39 is 27.7 Å². The number of nitrogens with zero attached hydrogens (tertiary/aromatic N) is 1. The van der Waals surface area contributed by atoms with Crippen LogP contribution in [0.1, 0.15) is 48.0 Å². The molecule has 0 bridgehead atoms. The molecular formula is C26H24FNO5S. The Morgan fingerprint density at radius 2 is 1.74 bits per heavy atom. The van der Waals surface area contributed by atoms with Crippen molar-refractivity contribution in [1.82, 2.24) is 4.31 Å². The highest BCUT2D eigenvalue weighted by atomic mass is 32.2. The number of ketones is 1. The Morgan fingerprint density at radius 1 is 1.03 bits per heavy atom. The molecule has 0 aromatic heterocycles. The summed E-state index contributed by atoms with van der Waals surface area (Å²) in [4.78, 5) is 25.4. The number of esters is 1. The van der Waals surface area contributed by atoms with Gasteiger partial charge in [-0.25, -0.2) is 12.8 Å². The minimum Gasteiger partial charge on any atom is -0.426 e. The summed E-state index contributed by atoms with van der Waals surface area (Å²) in [6.07, 6.45) is 0.796. The highest BCUT2D eigenvalue weighted by Gasteiger charge is 2.36. The van der Waals surface area contributed by atoms with Crippen LogP contribution in [0.25, 0.3) is 10.8 Å². The molecule has 0 radical (unpaired) electrons. The van der Waals surface area contributed by atoms with E-state index in [9.17, 15) is 22.4 Å². The Labute approximate surface area is 197 Å². The van der Waals surface area contributed by atoms with Crippen LogP contribution in [0.3, 0.4) is 0 Å². The molecule has 176 valence electrons. The van der Waals surface area contributed by atoms with Crippen molar-refractivity contribution in [3.05, 3.63) is 71.5 Å². The quantitative estimate of drug-likeness (QED) is 0.399. The van der Waals surface area contributed by atoms with Gasteiger partial charge < -0.3 is 4.74 Å². The minimum atomic E-state index is -3.69. The van der Waals surface area contributed by atoms with E-state index in [0.29, 0.717) is 18.4 Å². The van der Waals surface area contributed by atoms with Crippen LogP contribution in [0.5, 0.6) is 5.75 Å². The van der Waals surface area contributed by atoms with E-state index in [4.69, 9.17) is 4.74 Å². The normalized spacial score (nSPS) is 19.4. The summed E-state index contributed by atoms with van der Waals surface area (Å²) in [5.74, 6) is -1.91. The lowest BCUT2D eigenvalue weighted by Crippen LogP contribution is -2.41. The summed E-state index contributed by atoms with van der Waals surface area (Å²) < 4.78 is 47.5. The average molecular weight is 482 g/mol. The maximum atomic E-state index is 14.2. The molecule has 1 aliphatic heterocycles. The second-order valence-electron chi connectivity index (χ2n) is 8.97. The van der Waals surface area contributed by atoms with Crippen LogP contribution in [0.2, 0.25) is 0 Å².